The zero-order valence-electron chi connectivity index (χ0n) is 6.22. The highest BCUT2D eigenvalue weighted by Crippen LogP contribution is 2.21. The SMILES string of the molecule is CCC1=CC=CC[C@@H]1C. The lowest BCUT2D eigenvalue weighted by atomic mass is 9.92. The van der Waals surface area contributed by atoms with Crippen molar-refractivity contribution >= 4 is 0 Å². The predicted molar refractivity (Wildman–Crippen MR) is 41.3 cm³/mol. The molecule has 1 aliphatic carbocycles. The first-order valence-corrected chi connectivity index (χ1v) is 3.70. The highest BCUT2D eigenvalue weighted by Gasteiger charge is 2.05. The molecule has 50 valence electrons. The summed E-state index contributed by atoms with van der Waals surface area (Å²) in [6, 6.07) is 0. The first-order chi connectivity index (χ1) is 4.34. The fraction of sp³-hybridized carbons (Fsp3) is 0.556. The van der Waals surface area contributed by atoms with Gasteiger partial charge >= 0.3 is 0 Å². The van der Waals surface area contributed by atoms with E-state index < -0.39 is 0 Å². The van der Waals surface area contributed by atoms with E-state index in [0.29, 0.717) is 0 Å². The van der Waals surface area contributed by atoms with Gasteiger partial charge in [0, 0.05) is 0 Å². The van der Waals surface area contributed by atoms with Crippen molar-refractivity contribution in [3.63, 3.8) is 0 Å². The molecular formula is C9H14. The van der Waals surface area contributed by atoms with Gasteiger partial charge in [-0.1, -0.05) is 37.6 Å². The van der Waals surface area contributed by atoms with Crippen LogP contribution in [0.3, 0.4) is 0 Å². The van der Waals surface area contributed by atoms with E-state index in [1.807, 2.05) is 0 Å². The molecule has 0 spiro atoms. The van der Waals surface area contributed by atoms with Crippen molar-refractivity contribution in [3.8, 4) is 0 Å². The van der Waals surface area contributed by atoms with Crippen molar-refractivity contribution in [1.29, 1.82) is 0 Å². The number of hydrogen-bond donors (Lipinski definition) is 0. The third kappa shape index (κ3) is 1.44. The molecule has 0 heterocycles. The molecule has 1 aliphatic rings. The summed E-state index contributed by atoms with van der Waals surface area (Å²) < 4.78 is 0. The summed E-state index contributed by atoms with van der Waals surface area (Å²) in [5, 5.41) is 0. The first-order valence-electron chi connectivity index (χ1n) is 3.70. The predicted octanol–water partition coefficient (Wildman–Crippen LogP) is 2.92. The Morgan fingerprint density at radius 3 is 2.89 bits per heavy atom. The van der Waals surface area contributed by atoms with Crippen LogP contribution in [0.5, 0.6) is 0 Å². The molecule has 9 heavy (non-hydrogen) atoms. The highest BCUT2D eigenvalue weighted by molar-refractivity contribution is 5.19. The molecule has 0 aromatic carbocycles. The van der Waals surface area contributed by atoms with Gasteiger partial charge in [-0.2, -0.15) is 0 Å². The molecule has 0 saturated heterocycles. The Kier molecular flexibility index (Phi) is 2.10. The average Bonchev–Trinajstić information content (AvgIpc) is 1.89. The largest absolute Gasteiger partial charge is 0.0840 e. The van der Waals surface area contributed by atoms with Crippen LogP contribution in [0.25, 0.3) is 0 Å². The molecule has 0 amide bonds. The Labute approximate surface area is 57.3 Å². The Morgan fingerprint density at radius 2 is 2.44 bits per heavy atom. The third-order valence-corrected chi connectivity index (χ3v) is 1.98. The van der Waals surface area contributed by atoms with Gasteiger partial charge in [0.05, 0.1) is 0 Å². The minimum absolute atomic E-state index is 0.792. The average molecular weight is 122 g/mol. The van der Waals surface area contributed by atoms with Crippen molar-refractivity contribution in [3.05, 3.63) is 23.8 Å². The Balaban J connectivity index is 2.63. The van der Waals surface area contributed by atoms with E-state index in [0.717, 1.165) is 5.92 Å². The van der Waals surface area contributed by atoms with Crippen LogP contribution in [0.1, 0.15) is 26.7 Å². The van der Waals surface area contributed by atoms with E-state index in [1.54, 1.807) is 5.57 Å². The molecule has 0 heteroatoms. The van der Waals surface area contributed by atoms with Gasteiger partial charge in [0.1, 0.15) is 0 Å². The molecule has 0 unspecified atom stereocenters. The molecular weight excluding hydrogens is 108 g/mol. The quantitative estimate of drug-likeness (QED) is 0.501. The van der Waals surface area contributed by atoms with E-state index >= 15 is 0 Å². The van der Waals surface area contributed by atoms with Crippen LogP contribution in [-0.2, 0) is 0 Å². The van der Waals surface area contributed by atoms with Crippen LogP contribution in [0, 0.1) is 5.92 Å². The number of hydrogen-bond acceptors (Lipinski definition) is 0. The molecule has 0 aliphatic heterocycles. The second-order valence-electron chi connectivity index (χ2n) is 2.66. The van der Waals surface area contributed by atoms with Gasteiger partial charge in [-0.05, 0) is 18.8 Å². The summed E-state index contributed by atoms with van der Waals surface area (Å²) in [6.45, 7) is 4.51. The summed E-state index contributed by atoms with van der Waals surface area (Å²) >= 11 is 0. The number of allylic oxidation sites excluding steroid dienone is 4. The van der Waals surface area contributed by atoms with E-state index in [9.17, 15) is 0 Å². The van der Waals surface area contributed by atoms with E-state index in [4.69, 9.17) is 0 Å². The monoisotopic (exact) mass is 122 g/mol. The normalized spacial score (nSPS) is 26.0. The van der Waals surface area contributed by atoms with Crippen molar-refractivity contribution < 1.29 is 0 Å². The molecule has 1 atom stereocenters. The van der Waals surface area contributed by atoms with Gasteiger partial charge in [-0.25, -0.2) is 0 Å². The molecule has 0 fully saturated rings. The summed E-state index contributed by atoms with van der Waals surface area (Å²) in [7, 11) is 0. The first kappa shape index (κ1) is 6.60. The number of rotatable bonds is 1. The van der Waals surface area contributed by atoms with Crippen molar-refractivity contribution in [1.82, 2.24) is 0 Å². The molecule has 0 bridgehead atoms. The van der Waals surface area contributed by atoms with Gasteiger partial charge in [-0.3, -0.25) is 0 Å². The molecule has 1 rings (SSSR count). The van der Waals surface area contributed by atoms with Gasteiger partial charge in [0.2, 0.25) is 0 Å². The molecule has 0 saturated carbocycles. The van der Waals surface area contributed by atoms with Crippen LogP contribution in [-0.4, -0.2) is 0 Å². The summed E-state index contributed by atoms with van der Waals surface area (Å²) in [4.78, 5) is 0. The Morgan fingerprint density at radius 1 is 1.67 bits per heavy atom. The van der Waals surface area contributed by atoms with Crippen molar-refractivity contribution in [2.75, 3.05) is 0 Å². The van der Waals surface area contributed by atoms with Gasteiger partial charge in [-0.15, -0.1) is 0 Å². The van der Waals surface area contributed by atoms with Crippen molar-refractivity contribution in [2.45, 2.75) is 26.7 Å². The van der Waals surface area contributed by atoms with Gasteiger partial charge in [0.25, 0.3) is 0 Å². The minimum atomic E-state index is 0.792. The summed E-state index contributed by atoms with van der Waals surface area (Å²) in [5.74, 6) is 0.792. The molecule has 0 N–H and O–H groups in total. The maximum Gasteiger partial charge on any atom is -0.0194 e. The highest BCUT2D eigenvalue weighted by atomic mass is 14.1. The molecule has 0 radical (unpaired) electrons. The van der Waals surface area contributed by atoms with E-state index in [1.165, 1.54) is 12.8 Å². The second-order valence-corrected chi connectivity index (χ2v) is 2.66. The molecule has 0 aromatic rings. The topological polar surface area (TPSA) is 0 Å². The Bertz CT molecular complexity index is 140. The van der Waals surface area contributed by atoms with Crippen LogP contribution in [0.2, 0.25) is 0 Å². The summed E-state index contributed by atoms with van der Waals surface area (Å²) in [5.41, 5.74) is 1.59. The molecule has 0 aromatic heterocycles. The lowest BCUT2D eigenvalue weighted by molar-refractivity contribution is 0.660. The standard InChI is InChI=1S/C9H14/c1-3-9-7-5-4-6-8(9)2/h4-5,7-8H,3,6H2,1-2H3/t8-/m0/s1. The third-order valence-electron chi connectivity index (χ3n) is 1.98. The van der Waals surface area contributed by atoms with Crippen molar-refractivity contribution in [2.24, 2.45) is 5.92 Å². The maximum atomic E-state index is 2.29. The van der Waals surface area contributed by atoms with Gasteiger partial charge in [0.15, 0.2) is 0 Å². The maximum absolute atomic E-state index is 2.29. The van der Waals surface area contributed by atoms with Gasteiger partial charge < -0.3 is 0 Å². The van der Waals surface area contributed by atoms with Crippen LogP contribution < -0.4 is 0 Å². The molecule has 0 nitrogen and oxygen atoms in total. The second kappa shape index (κ2) is 2.86. The zero-order valence-corrected chi connectivity index (χ0v) is 6.22. The summed E-state index contributed by atoms with van der Waals surface area (Å²) in [6.07, 6.45) is 9.10. The minimum Gasteiger partial charge on any atom is -0.0840 e. The van der Waals surface area contributed by atoms with E-state index in [-0.39, 0.29) is 0 Å². The lowest BCUT2D eigenvalue weighted by Crippen LogP contribution is -1.99. The fourth-order valence-electron chi connectivity index (χ4n) is 1.26. The Hall–Kier alpha value is -0.520. The van der Waals surface area contributed by atoms with Crippen LogP contribution in [0.15, 0.2) is 23.8 Å². The lowest BCUT2D eigenvalue weighted by Gasteiger charge is -2.14. The smallest absolute Gasteiger partial charge is 0.0194 e. The fourth-order valence-corrected chi connectivity index (χ4v) is 1.26. The zero-order chi connectivity index (χ0) is 6.69. The van der Waals surface area contributed by atoms with E-state index in [2.05, 4.69) is 32.1 Å². The van der Waals surface area contributed by atoms with Crippen LogP contribution in [0.4, 0.5) is 0 Å². The van der Waals surface area contributed by atoms with Crippen LogP contribution >= 0.6 is 0 Å².